The third-order valence-electron chi connectivity index (χ3n) is 2.52. The molecule has 0 aliphatic carbocycles. The standard InChI is InChI=1S/C13H8BrCl2FO/c14-10-5-4-9(12(17)11(10)16)13(18)7-2-1-3-8(15)6-7/h1-6,13,18H. The first-order chi connectivity index (χ1) is 8.50. The quantitative estimate of drug-likeness (QED) is 0.758. The Balaban J connectivity index is 2.46. The van der Waals surface area contributed by atoms with E-state index in [1.54, 1.807) is 30.3 Å². The molecular formula is C13H8BrCl2FO. The molecule has 1 nitrogen and oxygen atoms in total. The second-order valence-electron chi connectivity index (χ2n) is 3.72. The molecule has 0 saturated heterocycles. The van der Waals surface area contributed by atoms with E-state index < -0.39 is 11.9 Å². The maximum absolute atomic E-state index is 13.9. The Morgan fingerprint density at radius 2 is 1.89 bits per heavy atom. The fraction of sp³-hybridized carbons (Fsp3) is 0.0769. The van der Waals surface area contributed by atoms with E-state index in [1.807, 2.05) is 0 Å². The Morgan fingerprint density at radius 3 is 2.56 bits per heavy atom. The van der Waals surface area contributed by atoms with E-state index in [1.165, 1.54) is 6.07 Å². The van der Waals surface area contributed by atoms with Crippen LogP contribution in [0.15, 0.2) is 40.9 Å². The van der Waals surface area contributed by atoms with E-state index in [-0.39, 0.29) is 10.6 Å². The van der Waals surface area contributed by atoms with Crippen LogP contribution in [0.4, 0.5) is 4.39 Å². The van der Waals surface area contributed by atoms with Gasteiger partial charge >= 0.3 is 0 Å². The van der Waals surface area contributed by atoms with Gasteiger partial charge in [0.15, 0.2) is 0 Å². The Hall–Kier alpha value is -0.610. The number of rotatable bonds is 2. The van der Waals surface area contributed by atoms with Crippen LogP contribution >= 0.6 is 39.1 Å². The van der Waals surface area contributed by atoms with E-state index >= 15 is 0 Å². The highest BCUT2D eigenvalue weighted by Crippen LogP contribution is 2.33. The molecule has 2 rings (SSSR count). The molecule has 0 radical (unpaired) electrons. The molecule has 0 aliphatic rings. The molecule has 1 N–H and O–H groups in total. The molecule has 0 saturated carbocycles. The average molecular weight is 350 g/mol. The van der Waals surface area contributed by atoms with Gasteiger partial charge in [-0.1, -0.05) is 41.4 Å². The molecule has 0 aliphatic heterocycles. The van der Waals surface area contributed by atoms with Crippen molar-refractivity contribution >= 4 is 39.1 Å². The summed E-state index contributed by atoms with van der Waals surface area (Å²) >= 11 is 14.7. The molecule has 2 aromatic carbocycles. The second-order valence-corrected chi connectivity index (χ2v) is 5.39. The Kier molecular flexibility index (Phi) is 4.28. The Morgan fingerprint density at radius 1 is 1.17 bits per heavy atom. The lowest BCUT2D eigenvalue weighted by Gasteiger charge is -2.14. The molecule has 0 heterocycles. The monoisotopic (exact) mass is 348 g/mol. The predicted octanol–water partition coefficient (Wildman–Crippen LogP) is 4.98. The lowest BCUT2D eigenvalue weighted by Crippen LogP contribution is -2.03. The third kappa shape index (κ3) is 2.69. The summed E-state index contributed by atoms with van der Waals surface area (Å²) in [6, 6.07) is 9.71. The molecular weight excluding hydrogens is 342 g/mol. The van der Waals surface area contributed by atoms with E-state index in [0.717, 1.165) is 0 Å². The van der Waals surface area contributed by atoms with Crippen LogP contribution in [0, 0.1) is 5.82 Å². The summed E-state index contributed by atoms with van der Waals surface area (Å²) in [5.74, 6) is -0.640. The lowest BCUT2D eigenvalue weighted by molar-refractivity contribution is 0.215. The van der Waals surface area contributed by atoms with Crippen molar-refractivity contribution in [2.45, 2.75) is 6.10 Å². The largest absolute Gasteiger partial charge is 0.384 e. The van der Waals surface area contributed by atoms with Gasteiger partial charge < -0.3 is 5.11 Å². The van der Waals surface area contributed by atoms with Gasteiger partial charge in [0, 0.05) is 15.1 Å². The minimum absolute atomic E-state index is 0.0476. The van der Waals surface area contributed by atoms with Gasteiger partial charge in [0.25, 0.3) is 0 Å². The maximum atomic E-state index is 13.9. The highest BCUT2D eigenvalue weighted by molar-refractivity contribution is 9.10. The highest BCUT2D eigenvalue weighted by atomic mass is 79.9. The van der Waals surface area contributed by atoms with Crippen molar-refractivity contribution in [3.05, 3.63) is 67.9 Å². The topological polar surface area (TPSA) is 20.2 Å². The molecule has 0 fully saturated rings. The van der Waals surface area contributed by atoms with Gasteiger partial charge in [0.05, 0.1) is 5.02 Å². The average Bonchev–Trinajstić information content (AvgIpc) is 2.35. The van der Waals surface area contributed by atoms with Crippen molar-refractivity contribution in [3.8, 4) is 0 Å². The SMILES string of the molecule is OC(c1cccc(Cl)c1)c1ccc(Br)c(Cl)c1F. The molecule has 1 atom stereocenters. The van der Waals surface area contributed by atoms with Crippen LogP contribution in [0.1, 0.15) is 17.2 Å². The van der Waals surface area contributed by atoms with Crippen LogP contribution in [0.5, 0.6) is 0 Å². The van der Waals surface area contributed by atoms with Crippen molar-refractivity contribution in [1.82, 2.24) is 0 Å². The number of aliphatic hydroxyl groups is 1. The first-order valence-electron chi connectivity index (χ1n) is 5.07. The Bertz CT molecular complexity index is 589. The van der Waals surface area contributed by atoms with E-state index in [0.29, 0.717) is 15.1 Å². The van der Waals surface area contributed by atoms with E-state index in [9.17, 15) is 9.50 Å². The fourth-order valence-corrected chi connectivity index (χ4v) is 2.29. The fourth-order valence-electron chi connectivity index (χ4n) is 1.61. The minimum Gasteiger partial charge on any atom is -0.384 e. The van der Waals surface area contributed by atoms with Crippen LogP contribution in [-0.2, 0) is 0 Å². The molecule has 0 bridgehead atoms. The normalized spacial score (nSPS) is 12.5. The van der Waals surface area contributed by atoms with Crippen molar-refractivity contribution in [2.24, 2.45) is 0 Å². The van der Waals surface area contributed by atoms with Crippen molar-refractivity contribution in [1.29, 1.82) is 0 Å². The first kappa shape index (κ1) is 13.8. The van der Waals surface area contributed by atoms with Crippen LogP contribution in [0.3, 0.4) is 0 Å². The van der Waals surface area contributed by atoms with Gasteiger partial charge in [-0.3, -0.25) is 0 Å². The number of hydrogen-bond acceptors (Lipinski definition) is 1. The number of benzene rings is 2. The molecule has 5 heteroatoms. The molecule has 0 spiro atoms. The second kappa shape index (κ2) is 5.57. The van der Waals surface area contributed by atoms with E-state index in [4.69, 9.17) is 23.2 Å². The summed E-state index contributed by atoms with van der Waals surface area (Å²) in [5, 5.41) is 10.6. The summed E-state index contributed by atoms with van der Waals surface area (Å²) in [7, 11) is 0. The van der Waals surface area contributed by atoms with Gasteiger partial charge in [-0.15, -0.1) is 0 Å². The molecule has 1 unspecified atom stereocenters. The van der Waals surface area contributed by atoms with Crippen molar-refractivity contribution in [3.63, 3.8) is 0 Å². The summed E-state index contributed by atoms with van der Waals surface area (Å²) in [6.07, 6.45) is -1.10. The van der Waals surface area contributed by atoms with Crippen LogP contribution in [0.2, 0.25) is 10.0 Å². The third-order valence-corrected chi connectivity index (χ3v) is 4.02. The minimum atomic E-state index is -1.10. The predicted molar refractivity (Wildman–Crippen MR) is 74.6 cm³/mol. The van der Waals surface area contributed by atoms with Gasteiger partial charge in [0.1, 0.15) is 11.9 Å². The van der Waals surface area contributed by atoms with Crippen LogP contribution < -0.4 is 0 Å². The molecule has 18 heavy (non-hydrogen) atoms. The number of hydrogen-bond donors (Lipinski definition) is 1. The van der Waals surface area contributed by atoms with Gasteiger partial charge in [-0.05, 0) is 39.7 Å². The van der Waals surface area contributed by atoms with Gasteiger partial charge in [0.2, 0.25) is 0 Å². The zero-order chi connectivity index (χ0) is 13.3. The summed E-state index contributed by atoms with van der Waals surface area (Å²) in [6.45, 7) is 0. The number of aliphatic hydroxyl groups excluding tert-OH is 1. The van der Waals surface area contributed by atoms with Crippen molar-refractivity contribution < 1.29 is 9.50 Å². The first-order valence-corrected chi connectivity index (χ1v) is 6.62. The van der Waals surface area contributed by atoms with E-state index in [2.05, 4.69) is 15.9 Å². The van der Waals surface area contributed by atoms with Crippen LogP contribution in [-0.4, -0.2) is 5.11 Å². The van der Waals surface area contributed by atoms with Gasteiger partial charge in [-0.25, -0.2) is 4.39 Å². The maximum Gasteiger partial charge on any atom is 0.149 e. The zero-order valence-electron chi connectivity index (χ0n) is 9.00. The summed E-state index contributed by atoms with van der Waals surface area (Å²) < 4.78 is 14.4. The molecule has 2 aromatic rings. The molecule has 0 aromatic heterocycles. The molecule has 94 valence electrons. The van der Waals surface area contributed by atoms with Crippen LogP contribution in [0.25, 0.3) is 0 Å². The smallest absolute Gasteiger partial charge is 0.149 e. The van der Waals surface area contributed by atoms with Crippen molar-refractivity contribution in [2.75, 3.05) is 0 Å². The molecule has 0 amide bonds. The number of halogens is 4. The lowest BCUT2D eigenvalue weighted by atomic mass is 10.0. The highest BCUT2D eigenvalue weighted by Gasteiger charge is 2.18. The zero-order valence-corrected chi connectivity index (χ0v) is 12.1. The van der Waals surface area contributed by atoms with Gasteiger partial charge in [-0.2, -0.15) is 0 Å². The summed E-state index contributed by atoms with van der Waals surface area (Å²) in [4.78, 5) is 0. The Labute approximate surface area is 122 Å². The summed E-state index contributed by atoms with van der Waals surface area (Å²) in [5.41, 5.74) is 0.630.